The van der Waals surface area contributed by atoms with Gasteiger partial charge < -0.3 is 10.2 Å². The second kappa shape index (κ2) is 11.6. The van der Waals surface area contributed by atoms with Gasteiger partial charge in [-0.1, -0.05) is 53.5 Å². The van der Waals surface area contributed by atoms with Gasteiger partial charge in [-0.05, 0) is 17.7 Å². The van der Waals surface area contributed by atoms with Crippen molar-refractivity contribution in [3.8, 4) is 0 Å². The zero-order chi connectivity index (χ0) is 26.5. The van der Waals surface area contributed by atoms with Crippen molar-refractivity contribution in [3.05, 3.63) is 75.3 Å². The zero-order valence-corrected chi connectivity index (χ0v) is 21.4. The first-order valence-electron chi connectivity index (χ1n) is 10.7. The van der Waals surface area contributed by atoms with E-state index in [1.54, 1.807) is 7.05 Å². The Morgan fingerprint density at radius 3 is 2.47 bits per heavy atom. The monoisotopic (exact) mass is 562 g/mol. The molecule has 0 radical (unpaired) electrons. The average Bonchev–Trinajstić information content (AvgIpc) is 3.35. The van der Waals surface area contributed by atoms with E-state index in [-0.39, 0.29) is 12.5 Å². The SMILES string of the molecule is CN(Cc1ccc(C2=NCCN2)cc1)C(=O)/C=C/CNCS(=O)(=O)c1ccc(C(F)(F)F)c(Cl)c1Cl. The predicted molar refractivity (Wildman–Crippen MR) is 133 cm³/mol. The minimum atomic E-state index is -4.77. The second-order valence-electron chi connectivity index (χ2n) is 7.90. The third kappa shape index (κ3) is 7.00. The van der Waals surface area contributed by atoms with Crippen molar-refractivity contribution in [1.82, 2.24) is 15.5 Å². The Labute approximate surface area is 216 Å². The second-order valence-corrected chi connectivity index (χ2v) is 10.6. The summed E-state index contributed by atoms with van der Waals surface area (Å²) in [7, 11) is -2.44. The van der Waals surface area contributed by atoms with Gasteiger partial charge in [0.05, 0.1) is 27.0 Å². The van der Waals surface area contributed by atoms with Crippen molar-refractivity contribution in [2.45, 2.75) is 17.6 Å². The highest BCUT2D eigenvalue weighted by Gasteiger charge is 2.35. The fraction of sp³-hybridized carbons (Fsp3) is 0.304. The van der Waals surface area contributed by atoms with Gasteiger partial charge in [0.15, 0.2) is 9.84 Å². The third-order valence-electron chi connectivity index (χ3n) is 5.20. The van der Waals surface area contributed by atoms with Crippen LogP contribution in [0.4, 0.5) is 13.2 Å². The molecule has 2 aromatic carbocycles. The van der Waals surface area contributed by atoms with Crippen LogP contribution in [0.1, 0.15) is 16.7 Å². The van der Waals surface area contributed by atoms with Gasteiger partial charge in [-0.15, -0.1) is 0 Å². The van der Waals surface area contributed by atoms with E-state index in [1.165, 1.54) is 17.1 Å². The number of nitrogens with zero attached hydrogens (tertiary/aromatic N) is 2. The smallest absolute Gasteiger partial charge is 0.368 e. The van der Waals surface area contributed by atoms with Crippen LogP contribution in [0.3, 0.4) is 0 Å². The van der Waals surface area contributed by atoms with Crippen LogP contribution in [0.2, 0.25) is 10.0 Å². The van der Waals surface area contributed by atoms with Crippen LogP contribution in [0.5, 0.6) is 0 Å². The molecule has 3 rings (SSSR count). The summed E-state index contributed by atoms with van der Waals surface area (Å²) in [5.74, 6) is -0.0507. The molecule has 2 N–H and O–H groups in total. The maximum Gasteiger partial charge on any atom is 0.417 e. The van der Waals surface area contributed by atoms with Gasteiger partial charge in [0.25, 0.3) is 0 Å². The molecule has 0 saturated carbocycles. The molecule has 0 aliphatic carbocycles. The highest BCUT2D eigenvalue weighted by Crippen LogP contribution is 2.40. The number of carbonyl (C=O) groups is 1. The molecule has 2 aromatic rings. The summed E-state index contributed by atoms with van der Waals surface area (Å²) >= 11 is 11.4. The summed E-state index contributed by atoms with van der Waals surface area (Å²) in [6.45, 7) is 1.96. The molecule has 13 heteroatoms. The number of benzene rings is 2. The number of likely N-dealkylation sites (N-methyl/N-ethyl adjacent to an activating group) is 1. The number of hydrogen-bond acceptors (Lipinski definition) is 6. The van der Waals surface area contributed by atoms with Gasteiger partial charge in [-0.3, -0.25) is 15.1 Å². The van der Waals surface area contributed by atoms with E-state index in [4.69, 9.17) is 23.2 Å². The summed E-state index contributed by atoms with van der Waals surface area (Å²) < 4.78 is 63.7. The Balaban J connectivity index is 1.50. The largest absolute Gasteiger partial charge is 0.417 e. The van der Waals surface area contributed by atoms with Crippen LogP contribution in [-0.2, 0) is 27.4 Å². The number of amides is 1. The maximum absolute atomic E-state index is 12.9. The standard InChI is InChI=1S/C23H23Cl2F3N4O3S/c1-32(13-15-4-6-16(7-5-15)22-30-11-12-31-22)19(33)3-2-10-29-14-36(34,35)18-9-8-17(23(26,27)28)20(24)21(18)25/h2-9,29H,10-14H2,1H3,(H,30,31)/b3-2+. The number of alkyl halides is 3. The Bertz CT molecular complexity index is 1280. The molecule has 0 aromatic heterocycles. The quantitative estimate of drug-likeness (QED) is 0.357. The minimum Gasteiger partial charge on any atom is -0.368 e. The number of halogens is 5. The van der Waals surface area contributed by atoms with Crippen LogP contribution in [0.15, 0.2) is 58.4 Å². The summed E-state index contributed by atoms with van der Waals surface area (Å²) in [5.41, 5.74) is 0.687. The van der Waals surface area contributed by atoms with Crippen LogP contribution in [0, 0.1) is 0 Å². The highest BCUT2D eigenvalue weighted by atomic mass is 35.5. The number of carbonyl (C=O) groups excluding carboxylic acids is 1. The van der Waals surface area contributed by atoms with Crippen LogP contribution < -0.4 is 10.6 Å². The van der Waals surface area contributed by atoms with Gasteiger partial charge in [-0.2, -0.15) is 13.2 Å². The number of amidine groups is 1. The third-order valence-corrected chi connectivity index (χ3v) is 7.79. The van der Waals surface area contributed by atoms with E-state index in [0.29, 0.717) is 12.6 Å². The zero-order valence-electron chi connectivity index (χ0n) is 19.1. The fourth-order valence-electron chi connectivity index (χ4n) is 3.34. The molecule has 36 heavy (non-hydrogen) atoms. The Hall–Kier alpha value is -2.60. The molecule has 1 heterocycles. The van der Waals surface area contributed by atoms with E-state index in [2.05, 4.69) is 15.6 Å². The van der Waals surface area contributed by atoms with E-state index in [9.17, 15) is 26.4 Å². The lowest BCUT2D eigenvalue weighted by Crippen LogP contribution is -2.26. The average molecular weight is 563 g/mol. The van der Waals surface area contributed by atoms with E-state index >= 15 is 0 Å². The Morgan fingerprint density at radius 1 is 1.17 bits per heavy atom. The Morgan fingerprint density at radius 2 is 1.86 bits per heavy atom. The van der Waals surface area contributed by atoms with Crippen molar-refractivity contribution in [2.75, 3.05) is 32.6 Å². The number of hydrogen-bond donors (Lipinski definition) is 2. The first kappa shape index (κ1) is 28.0. The lowest BCUT2D eigenvalue weighted by atomic mass is 10.1. The van der Waals surface area contributed by atoms with Crippen molar-refractivity contribution >= 4 is 44.8 Å². The molecule has 0 atom stereocenters. The predicted octanol–water partition coefficient (Wildman–Crippen LogP) is 3.90. The van der Waals surface area contributed by atoms with E-state index in [1.807, 2.05) is 24.3 Å². The van der Waals surface area contributed by atoms with Crippen LogP contribution in [-0.4, -0.2) is 57.6 Å². The van der Waals surface area contributed by atoms with Gasteiger partial charge >= 0.3 is 6.18 Å². The van der Waals surface area contributed by atoms with Crippen LogP contribution in [0.25, 0.3) is 0 Å². The molecular weight excluding hydrogens is 540 g/mol. The molecule has 0 unspecified atom stereocenters. The normalized spacial score (nSPS) is 14.1. The number of nitrogens with one attached hydrogen (secondary N) is 2. The summed E-state index contributed by atoms with van der Waals surface area (Å²) in [6, 6.07) is 9.03. The molecule has 0 bridgehead atoms. The van der Waals surface area contributed by atoms with E-state index < -0.39 is 42.4 Å². The molecule has 1 aliphatic heterocycles. The first-order valence-corrected chi connectivity index (χ1v) is 13.1. The molecule has 1 amide bonds. The molecule has 0 saturated heterocycles. The van der Waals surface area contributed by atoms with Crippen molar-refractivity contribution in [1.29, 1.82) is 0 Å². The molecule has 1 aliphatic rings. The molecule has 0 fully saturated rings. The fourth-order valence-corrected chi connectivity index (χ4v) is 5.38. The van der Waals surface area contributed by atoms with Gasteiger partial charge in [-0.25, -0.2) is 8.42 Å². The van der Waals surface area contributed by atoms with E-state index in [0.717, 1.165) is 36.1 Å². The van der Waals surface area contributed by atoms with Crippen LogP contribution >= 0.6 is 23.2 Å². The topological polar surface area (TPSA) is 90.9 Å². The maximum atomic E-state index is 12.9. The Kier molecular flexibility index (Phi) is 9.04. The number of aliphatic imine (C=N–C) groups is 1. The molecule has 194 valence electrons. The van der Waals surface area contributed by atoms with Gasteiger partial charge in [0.2, 0.25) is 5.91 Å². The van der Waals surface area contributed by atoms with Crippen molar-refractivity contribution < 1.29 is 26.4 Å². The first-order chi connectivity index (χ1) is 16.9. The lowest BCUT2D eigenvalue weighted by molar-refractivity contribution is -0.137. The van der Waals surface area contributed by atoms with Crippen molar-refractivity contribution in [3.63, 3.8) is 0 Å². The molecule has 0 spiro atoms. The minimum absolute atomic E-state index is 0.0224. The summed E-state index contributed by atoms with van der Waals surface area (Å²) in [4.78, 5) is 17.7. The molecular formula is C23H23Cl2F3N4O3S. The van der Waals surface area contributed by atoms with Gasteiger partial charge in [0, 0.05) is 38.3 Å². The number of rotatable bonds is 9. The highest BCUT2D eigenvalue weighted by molar-refractivity contribution is 7.91. The molecule has 7 nitrogen and oxygen atoms in total. The summed E-state index contributed by atoms with van der Waals surface area (Å²) in [5, 5.41) is 4.23. The summed E-state index contributed by atoms with van der Waals surface area (Å²) in [6.07, 6.45) is -2.02. The lowest BCUT2D eigenvalue weighted by Gasteiger charge is -2.15. The number of sulfone groups is 1. The van der Waals surface area contributed by atoms with Gasteiger partial charge in [0.1, 0.15) is 11.7 Å². The van der Waals surface area contributed by atoms with Crippen molar-refractivity contribution in [2.24, 2.45) is 4.99 Å².